The van der Waals surface area contributed by atoms with Crippen LogP contribution in [0.5, 0.6) is 0 Å². The highest BCUT2D eigenvalue weighted by atomic mass is 35.5. The highest BCUT2D eigenvalue weighted by Gasteiger charge is 2.14. The van der Waals surface area contributed by atoms with Crippen LogP contribution in [0.1, 0.15) is 33.5 Å². The summed E-state index contributed by atoms with van der Waals surface area (Å²) >= 11 is 5.88. The lowest BCUT2D eigenvalue weighted by atomic mass is 10.0. The Morgan fingerprint density at radius 1 is 0.828 bits per heavy atom. The number of aryl methyl sites for hydroxylation is 2. The van der Waals surface area contributed by atoms with Crippen LogP contribution in [0.3, 0.4) is 0 Å². The van der Waals surface area contributed by atoms with E-state index in [9.17, 15) is 9.59 Å². The summed E-state index contributed by atoms with van der Waals surface area (Å²) in [6.07, 6.45) is 3.70. The van der Waals surface area contributed by atoms with Crippen molar-refractivity contribution in [3.63, 3.8) is 0 Å². The lowest BCUT2D eigenvalue weighted by Crippen LogP contribution is -2.18. The molecule has 0 atom stereocenters. The van der Waals surface area contributed by atoms with Gasteiger partial charge >= 0.3 is 0 Å². The Hall–Kier alpha value is -3.11. The number of halogens is 1. The van der Waals surface area contributed by atoms with Gasteiger partial charge in [0.25, 0.3) is 5.91 Å². The zero-order chi connectivity index (χ0) is 20.2. The van der Waals surface area contributed by atoms with Crippen LogP contribution in [0.15, 0.2) is 66.7 Å². The molecule has 0 aromatic heterocycles. The van der Waals surface area contributed by atoms with Gasteiger partial charge in [-0.3, -0.25) is 9.59 Å². The topological polar surface area (TPSA) is 58.2 Å². The highest BCUT2D eigenvalue weighted by Crippen LogP contribution is 2.25. The Labute approximate surface area is 174 Å². The van der Waals surface area contributed by atoms with Gasteiger partial charge in [-0.25, -0.2) is 0 Å². The Morgan fingerprint density at radius 3 is 2.28 bits per heavy atom. The van der Waals surface area contributed by atoms with Crippen LogP contribution in [0.4, 0.5) is 11.4 Å². The molecule has 4 rings (SSSR count). The lowest BCUT2D eigenvalue weighted by Gasteiger charge is -2.13. The predicted octanol–water partition coefficient (Wildman–Crippen LogP) is 5.26. The molecule has 3 aromatic rings. The van der Waals surface area contributed by atoms with E-state index in [0.717, 1.165) is 18.4 Å². The molecular formula is C24H21ClN2O2. The van der Waals surface area contributed by atoms with E-state index in [0.29, 0.717) is 28.4 Å². The molecule has 0 spiro atoms. The number of hydrogen-bond donors (Lipinski definition) is 2. The molecule has 146 valence electrons. The smallest absolute Gasteiger partial charge is 0.255 e. The average Bonchev–Trinajstić information content (AvgIpc) is 3.18. The molecule has 1 aliphatic rings. The maximum absolute atomic E-state index is 12.6. The fourth-order valence-electron chi connectivity index (χ4n) is 3.61. The molecular weight excluding hydrogens is 384 g/mol. The van der Waals surface area contributed by atoms with E-state index in [2.05, 4.69) is 22.8 Å². The summed E-state index contributed by atoms with van der Waals surface area (Å²) in [4.78, 5) is 25.1. The largest absolute Gasteiger partial charge is 0.324 e. The molecule has 5 heteroatoms. The number of hydrogen-bond acceptors (Lipinski definition) is 2. The van der Waals surface area contributed by atoms with Crippen LogP contribution >= 0.6 is 11.6 Å². The van der Waals surface area contributed by atoms with Crippen molar-refractivity contribution in [1.29, 1.82) is 0 Å². The average molecular weight is 405 g/mol. The van der Waals surface area contributed by atoms with Crippen LogP contribution in [-0.4, -0.2) is 11.8 Å². The number of nitrogens with one attached hydrogen (secondary N) is 2. The minimum Gasteiger partial charge on any atom is -0.324 e. The number of fused-ring (bicyclic) bond motifs is 1. The van der Waals surface area contributed by atoms with Crippen LogP contribution in [0.25, 0.3) is 0 Å². The Kier molecular flexibility index (Phi) is 5.63. The van der Waals surface area contributed by atoms with Crippen LogP contribution in [0, 0.1) is 0 Å². The summed E-state index contributed by atoms with van der Waals surface area (Å²) in [5, 5.41) is 6.34. The number of amides is 2. The summed E-state index contributed by atoms with van der Waals surface area (Å²) in [7, 11) is 0. The molecule has 1 aliphatic carbocycles. The first kappa shape index (κ1) is 19.2. The molecule has 0 radical (unpaired) electrons. The summed E-state index contributed by atoms with van der Waals surface area (Å²) in [6, 6.07) is 20.1. The molecule has 0 saturated heterocycles. The molecule has 2 amide bonds. The third-order valence-electron chi connectivity index (χ3n) is 5.08. The van der Waals surface area contributed by atoms with Crippen molar-refractivity contribution in [3.05, 3.63) is 94.0 Å². The van der Waals surface area contributed by atoms with E-state index >= 15 is 0 Å². The quantitative estimate of drug-likeness (QED) is 0.609. The summed E-state index contributed by atoms with van der Waals surface area (Å²) in [5.74, 6) is -0.377. The second kappa shape index (κ2) is 8.50. The van der Waals surface area contributed by atoms with Gasteiger partial charge in [0, 0.05) is 10.6 Å². The van der Waals surface area contributed by atoms with E-state index in [1.54, 1.807) is 36.4 Å². The van der Waals surface area contributed by atoms with Gasteiger partial charge in [0.15, 0.2) is 0 Å². The van der Waals surface area contributed by atoms with Crippen LogP contribution in [0.2, 0.25) is 5.02 Å². The van der Waals surface area contributed by atoms with Gasteiger partial charge in [-0.05, 0) is 72.4 Å². The Morgan fingerprint density at radius 2 is 1.52 bits per heavy atom. The van der Waals surface area contributed by atoms with Gasteiger partial charge in [-0.15, -0.1) is 0 Å². The van der Waals surface area contributed by atoms with Crippen molar-refractivity contribution >= 4 is 34.8 Å². The molecule has 0 unspecified atom stereocenters. The number of benzene rings is 3. The van der Waals surface area contributed by atoms with Crippen molar-refractivity contribution in [1.82, 2.24) is 0 Å². The first-order chi connectivity index (χ1) is 14.1. The first-order valence-electron chi connectivity index (χ1n) is 9.65. The number of carbonyl (C=O) groups is 2. The zero-order valence-corrected chi connectivity index (χ0v) is 16.6. The fourth-order valence-corrected chi connectivity index (χ4v) is 3.74. The van der Waals surface area contributed by atoms with Gasteiger partial charge in [-0.2, -0.15) is 0 Å². The van der Waals surface area contributed by atoms with E-state index in [1.165, 1.54) is 17.5 Å². The van der Waals surface area contributed by atoms with Crippen molar-refractivity contribution in [2.45, 2.75) is 25.7 Å². The molecule has 29 heavy (non-hydrogen) atoms. The number of rotatable bonds is 5. The fraction of sp³-hybridized carbons (Fsp3) is 0.167. The molecule has 0 aliphatic heterocycles. The van der Waals surface area contributed by atoms with E-state index < -0.39 is 0 Å². The van der Waals surface area contributed by atoms with Crippen molar-refractivity contribution in [2.24, 2.45) is 0 Å². The molecule has 4 nitrogen and oxygen atoms in total. The third-order valence-corrected chi connectivity index (χ3v) is 5.34. The van der Waals surface area contributed by atoms with Gasteiger partial charge in [-0.1, -0.05) is 41.9 Å². The van der Waals surface area contributed by atoms with Crippen LogP contribution < -0.4 is 10.6 Å². The molecule has 3 aromatic carbocycles. The Balaban J connectivity index is 1.44. The molecule has 0 fully saturated rings. The Bertz CT molecular complexity index is 1060. The van der Waals surface area contributed by atoms with Crippen molar-refractivity contribution in [3.8, 4) is 0 Å². The van der Waals surface area contributed by atoms with Gasteiger partial charge < -0.3 is 10.6 Å². The predicted molar refractivity (Wildman–Crippen MR) is 117 cm³/mol. The maximum atomic E-state index is 12.6. The van der Waals surface area contributed by atoms with E-state index in [-0.39, 0.29) is 11.8 Å². The van der Waals surface area contributed by atoms with Crippen molar-refractivity contribution in [2.75, 3.05) is 10.6 Å². The maximum Gasteiger partial charge on any atom is 0.255 e. The molecule has 0 heterocycles. The zero-order valence-electron chi connectivity index (χ0n) is 15.9. The first-order valence-corrected chi connectivity index (χ1v) is 10.0. The summed E-state index contributed by atoms with van der Waals surface area (Å²) in [5.41, 5.74) is 5.37. The summed E-state index contributed by atoms with van der Waals surface area (Å²) < 4.78 is 0. The van der Waals surface area contributed by atoms with Gasteiger partial charge in [0.05, 0.1) is 17.8 Å². The number of carbonyl (C=O) groups excluding carboxylic acids is 2. The monoisotopic (exact) mass is 404 g/mol. The third kappa shape index (κ3) is 4.66. The van der Waals surface area contributed by atoms with E-state index in [4.69, 9.17) is 11.6 Å². The van der Waals surface area contributed by atoms with Gasteiger partial charge in [0.2, 0.25) is 5.91 Å². The number of para-hydroxylation sites is 2. The normalized spacial score (nSPS) is 12.3. The standard InChI is InChI=1S/C24H21ClN2O2/c25-20-12-10-18(11-13-20)24(29)27-22-7-2-1-6-21(22)26-23(28)15-16-8-9-17-4-3-5-19(17)14-16/h1-2,6-14H,3-5,15H2,(H,26,28)(H,27,29). The highest BCUT2D eigenvalue weighted by molar-refractivity contribution is 6.30. The second-order valence-electron chi connectivity index (χ2n) is 7.19. The minimum atomic E-state index is -0.262. The second-order valence-corrected chi connectivity index (χ2v) is 7.62. The summed E-state index contributed by atoms with van der Waals surface area (Å²) in [6.45, 7) is 0. The number of anilines is 2. The van der Waals surface area contributed by atoms with Gasteiger partial charge in [0.1, 0.15) is 0 Å². The molecule has 0 bridgehead atoms. The van der Waals surface area contributed by atoms with Crippen molar-refractivity contribution < 1.29 is 9.59 Å². The molecule has 2 N–H and O–H groups in total. The minimum absolute atomic E-state index is 0.115. The van der Waals surface area contributed by atoms with Crippen LogP contribution in [-0.2, 0) is 24.1 Å². The lowest BCUT2D eigenvalue weighted by molar-refractivity contribution is -0.115. The van der Waals surface area contributed by atoms with E-state index in [1.807, 2.05) is 18.2 Å². The SMILES string of the molecule is O=C(Cc1ccc2c(c1)CCC2)Nc1ccccc1NC(=O)c1ccc(Cl)cc1. The molecule has 0 saturated carbocycles.